The van der Waals surface area contributed by atoms with Crippen LogP contribution in [0.4, 0.5) is 4.39 Å². The van der Waals surface area contributed by atoms with Gasteiger partial charge in [0.2, 0.25) is 5.88 Å². The lowest BCUT2D eigenvalue weighted by molar-refractivity contribution is 0.398. The molecule has 5 heteroatoms. The average molecular weight is 269 g/mol. The van der Waals surface area contributed by atoms with Gasteiger partial charge < -0.3 is 4.74 Å². The highest BCUT2D eigenvalue weighted by atomic mass is 19.1. The Kier molecular flexibility index (Phi) is 3.02. The van der Waals surface area contributed by atoms with Crippen molar-refractivity contribution in [2.45, 2.75) is 6.92 Å². The number of pyridine rings is 1. The fourth-order valence-electron chi connectivity index (χ4n) is 2.26. The summed E-state index contributed by atoms with van der Waals surface area (Å²) in [6.07, 6.45) is 3.10. The van der Waals surface area contributed by atoms with Crippen molar-refractivity contribution in [1.29, 1.82) is 0 Å². The predicted octanol–water partition coefficient (Wildman–Crippen LogP) is 3.15. The summed E-state index contributed by atoms with van der Waals surface area (Å²) >= 11 is 0. The van der Waals surface area contributed by atoms with Crippen LogP contribution in [-0.2, 0) is 0 Å². The van der Waals surface area contributed by atoms with E-state index in [2.05, 4.69) is 15.0 Å². The Morgan fingerprint density at radius 1 is 1.15 bits per heavy atom. The van der Waals surface area contributed by atoms with Gasteiger partial charge in [-0.15, -0.1) is 0 Å². The maximum Gasteiger partial charge on any atom is 0.224 e. The van der Waals surface area contributed by atoms with Crippen LogP contribution < -0.4 is 4.74 Å². The molecule has 0 atom stereocenters. The minimum absolute atomic E-state index is 0.328. The SMILES string of the molecule is COc1ncnc(C)c1-c1cc(F)cc2cccnc12. The van der Waals surface area contributed by atoms with E-state index in [1.807, 2.05) is 13.0 Å². The molecule has 0 aliphatic carbocycles. The molecule has 2 heterocycles. The molecule has 0 radical (unpaired) electrons. The molecule has 0 N–H and O–H groups in total. The molecular weight excluding hydrogens is 257 g/mol. The van der Waals surface area contributed by atoms with Crippen LogP contribution >= 0.6 is 0 Å². The maximum atomic E-state index is 13.8. The van der Waals surface area contributed by atoms with Gasteiger partial charge in [-0.1, -0.05) is 6.07 Å². The minimum atomic E-state index is -0.328. The molecular formula is C15H12FN3O. The van der Waals surface area contributed by atoms with Crippen LogP contribution in [0.25, 0.3) is 22.0 Å². The zero-order valence-corrected chi connectivity index (χ0v) is 11.1. The van der Waals surface area contributed by atoms with Crippen LogP contribution in [0.2, 0.25) is 0 Å². The monoisotopic (exact) mass is 269 g/mol. The van der Waals surface area contributed by atoms with Gasteiger partial charge in [-0.2, -0.15) is 0 Å². The number of aromatic nitrogens is 3. The third kappa shape index (κ3) is 1.97. The number of hydrogen-bond acceptors (Lipinski definition) is 4. The maximum absolute atomic E-state index is 13.8. The highest BCUT2D eigenvalue weighted by molar-refractivity contribution is 5.95. The quantitative estimate of drug-likeness (QED) is 0.717. The normalized spacial score (nSPS) is 10.8. The lowest BCUT2D eigenvalue weighted by atomic mass is 10.0. The van der Waals surface area contributed by atoms with E-state index in [0.29, 0.717) is 22.5 Å². The first-order chi connectivity index (χ1) is 9.70. The van der Waals surface area contributed by atoms with E-state index in [9.17, 15) is 4.39 Å². The lowest BCUT2D eigenvalue weighted by Crippen LogP contribution is -1.98. The Labute approximate surface area is 115 Å². The molecule has 3 rings (SSSR count). The van der Waals surface area contributed by atoms with Gasteiger partial charge in [0.1, 0.15) is 12.1 Å². The van der Waals surface area contributed by atoms with E-state index in [4.69, 9.17) is 4.74 Å². The third-order valence-corrected chi connectivity index (χ3v) is 3.13. The summed E-state index contributed by atoms with van der Waals surface area (Å²) in [4.78, 5) is 12.6. The Hall–Kier alpha value is -2.56. The lowest BCUT2D eigenvalue weighted by Gasteiger charge is -2.11. The molecule has 0 saturated heterocycles. The molecule has 4 nitrogen and oxygen atoms in total. The van der Waals surface area contributed by atoms with Gasteiger partial charge >= 0.3 is 0 Å². The van der Waals surface area contributed by atoms with E-state index in [1.165, 1.54) is 25.6 Å². The van der Waals surface area contributed by atoms with E-state index in [0.717, 1.165) is 11.1 Å². The van der Waals surface area contributed by atoms with Crippen molar-refractivity contribution in [3.63, 3.8) is 0 Å². The van der Waals surface area contributed by atoms with Crippen LogP contribution in [-0.4, -0.2) is 22.1 Å². The summed E-state index contributed by atoms with van der Waals surface area (Å²) in [5.74, 6) is 0.0841. The molecule has 100 valence electrons. The summed E-state index contributed by atoms with van der Waals surface area (Å²) in [6, 6.07) is 6.48. The number of benzene rings is 1. The summed E-state index contributed by atoms with van der Waals surface area (Å²) in [7, 11) is 1.53. The molecule has 0 spiro atoms. The van der Waals surface area contributed by atoms with Crippen LogP contribution in [0.1, 0.15) is 5.69 Å². The Balaban J connectivity index is 2.41. The first-order valence-corrected chi connectivity index (χ1v) is 6.11. The molecule has 3 aromatic rings. The molecule has 0 bridgehead atoms. The standard InChI is InChI=1S/C15H12FN3O/c1-9-13(15(20-2)19-8-18-9)12-7-11(16)6-10-4-3-5-17-14(10)12/h3-8H,1-2H3. The predicted molar refractivity (Wildman–Crippen MR) is 74.0 cm³/mol. The molecule has 2 aromatic heterocycles. The zero-order chi connectivity index (χ0) is 14.1. The van der Waals surface area contributed by atoms with Crippen LogP contribution in [0.15, 0.2) is 36.8 Å². The molecule has 1 aromatic carbocycles. The van der Waals surface area contributed by atoms with E-state index >= 15 is 0 Å². The van der Waals surface area contributed by atoms with Gasteiger partial charge in [0.05, 0.1) is 23.9 Å². The largest absolute Gasteiger partial charge is 0.480 e. The van der Waals surface area contributed by atoms with Crippen molar-refractivity contribution in [3.8, 4) is 17.0 Å². The van der Waals surface area contributed by atoms with Crippen LogP contribution in [0.3, 0.4) is 0 Å². The van der Waals surface area contributed by atoms with Gasteiger partial charge in [0.25, 0.3) is 0 Å². The van der Waals surface area contributed by atoms with Crippen molar-refractivity contribution in [3.05, 3.63) is 48.3 Å². The molecule has 0 amide bonds. The molecule has 20 heavy (non-hydrogen) atoms. The summed E-state index contributed by atoms with van der Waals surface area (Å²) < 4.78 is 19.1. The topological polar surface area (TPSA) is 47.9 Å². The van der Waals surface area contributed by atoms with Gasteiger partial charge in [-0.3, -0.25) is 4.98 Å². The van der Waals surface area contributed by atoms with Gasteiger partial charge in [-0.05, 0) is 25.1 Å². The van der Waals surface area contributed by atoms with Gasteiger partial charge in [-0.25, -0.2) is 14.4 Å². The van der Waals surface area contributed by atoms with Crippen molar-refractivity contribution < 1.29 is 9.13 Å². The molecule has 0 unspecified atom stereocenters. The molecule has 0 aliphatic rings. The average Bonchev–Trinajstić information content (AvgIpc) is 2.46. The van der Waals surface area contributed by atoms with Gasteiger partial charge in [0, 0.05) is 17.1 Å². The Morgan fingerprint density at radius 2 is 2.00 bits per heavy atom. The number of hydrogen-bond donors (Lipinski definition) is 0. The summed E-state index contributed by atoms with van der Waals surface area (Å²) in [5, 5.41) is 0.729. The van der Waals surface area contributed by atoms with Gasteiger partial charge in [0.15, 0.2) is 0 Å². The van der Waals surface area contributed by atoms with E-state index in [1.54, 1.807) is 12.3 Å². The fourth-order valence-corrected chi connectivity index (χ4v) is 2.26. The van der Waals surface area contributed by atoms with Crippen molar-refractivity contribution >= 4 is 10.9 Å². The Morgan fingerprint density at radius 3 is 2.80 bits per heavy atom. The second-order valence-corrected chi connectivity index (χ2v) is 4.37. The smallest absolute Gasteiger partial charge is 0.224 e. The molecule has 0 aliphatic heterocycles. The van der Waals surface area contributed by atoms with Crippen molar-refractivity contribution in [2.75, 3.05) is 7.11 Å². The first kappa shape index (κ1) is 12.5. The van der Waals surface area contributed by atoms with E-state index in [-0.39, 0.29) is 5.82 Å². The number of fused-ring (bicyclic) bond motifs is 1. The number of ether oxygens (including phenoxy) is 1. The van der Waals surface area contributed by atoms with E-state index < -0.39 is 0 Å². The van der Waals surface area contributed by atoms with Crippen LogP contribution in [0, 0.1) is 12.7 Å². The van der Waals surface area contributed by atoms with Crippen LogP contribution in [0.5, 0.6) is 5.88 Å². The molecule has 0 saturated carbocycles. The Bertz CT molecular complexity index is 789. The second kappa shape index (κ2) is 4.85. The first-order valence-electron chi connectivity index (χ1n) is 6.11. The minimum Gasteiger partial charge on any atom is -0.480 e. The highest BCUT2D eigenvalue weighted by Crippen LogP contribution is 2.34. The summed E-state index contributed by atoms with van der Waals surface area (Å²) in [5.41, 5.74) is 2.72. The number of aryl methyl sites for hydroxylation is 1. The third-order valence-electron chi connectivity index (χ3n) is 3.13. The zero-order valence-electron chi connectivity index (χ0n) is 11.1. The molecule has 0 fully saturated rings. The number of halogens is 1. The number of rotatable bonds is 2. The number of nitrogens with zero attached hydrogens (tertiary/aromatic N) is 3. The van der Waals surface area contributed by atoms with Crippen molar-refractivity contribution in [1.82, 2.24) is 15.0 Å². The number of methoxy groups -OCH3 is 1. The fraction of sp³-hybridized carbons (Fsp3) is 0.133. The highest BCUT2D eigenvalue weighted by Gasteiger charge is 2.16. The second-order valence-electron chi connectivity index (χ2n) is 4.37. The van der Waals surface area contributed by atoms with Crippen molar-refractivity contribution in [2.24, 2.45) is 0 Å². The summed E-state index contributed by atoms with van der Waals surface area (Å²) in [6.45, 7) is 1.83.